The molecule has 14 heteroatoms. The molecule has 0 spiro atoms. The first kappa shape index (κ1) is 39.9. The fourth-order valence-corrected chi connectivity index (χ4v) is 6.07. The molecule has 274 valence electrons. The number of piperidine rings is 1. The largest absolute Gasteiger partial charge is 0.462 e. The molecule has 2 aromatic rings. The highest BCUT2D eigenvalue weighted by atomic mass is 16.6. The van der Waals surface area contributed by atoms with Crippen molar-refractivity contribution in [3.05, 3.63) is 18.6 Å². The molecule has 1 aliphatic rings. The van der Waals surface area contributed by atoms with Gasteiger partial charge in [-0.25, -0.2) is 9.97 Å². The first-order valence-electron chi connectivity index (χ1n) is 17.6. The van der Waals surface area contributed by atoms with Crippen LogP contribution in [0.3, 0.4) is 0 Å². The number of likely N-dealkylation sites (N-methyl/N-ethyl adjacent to an activating group) is 1. The Labute approximate surface area is 294 Å². The lowest BCUT2D eigenvalue weighted by atomic mass is 9.92. The van der Waals surface area contributed by atoms with E-state index in [1.165, 1.54) is 10.9 Å². The molecule has 0 aliphatic carbocycles. The van der Waals surface area contributed by atoms with E-state index in [0.717, 1.165) is 11.8 Å². The van der Waals surface area contributed by atoms with Gasteiger partial charge in [0.1, 0.15) is 31.8 Å². The van der Waals surface area contributed by atoms with E-state index in [1.54, 1.807) is 11.1 Å². The highest BCUT2D eigenvalue weighted by Crippen LogP contribution is 2.30. The summed E-state index contributed by atoms with van der Waals surface area (Å²) < 4.78 is 17.5. The van der Waals surface area contributed by atoms with Crippen LogP contribution in [0.15, 0.2) is 18.6 Å². The summed E-state index contributed by atoms with van der Waals surface area (Å²) in [4.78, 5) is 75.3. The number of carbonyl (C=O) groups excluding carboxylic acids is 5. The van der Waals surface area contributed by atoms with E-state index < -0.39 is 24.0 Å². The van der Waals surface area contributed by atoms with Crippen molar-refractivity contribution in [3.8, 4) is 6.07 Å². The number of hydrogen-bond acceptors (Lipinski definition) is 12. The number of anilines is 1. The van der Waals surface area contributed by atoms with Gasteiger partial charge in [0.05, 0.1) is 17.5 Å². The molecule has 0 N–H and O–H groups in total. The monoisotopic (exact) mass is 696 g/mol. The zero-order valence-corrected chi connectivity index (χ0v) is 30.3. The Morgan fingerprint density at radius 1 is 1.02 bits per heavy atom. The molecule has 14 nitrogen and oxygen atoms in total. The van der Waals surface area contributed by atoms with Gasteiger partial charge >= 0.3 is 17.9 Å². The molecular weight excluding hydrogens is 644 g/mol. The third-order valence-electron chi connectivity index (χ3n) is 9.13. The number of nitriles is 1. The minimum Gasteiger partial charge on any atom is -0.462 e. The number of ether oxygens (including phenoxy) is 3. The lowest BCUT2D eigenvalue weighted by molar-refractivity contribution is -0.167. The second kappa shape index (κ2) is 19.6. The number of aromatic nitrogens is 3. The number of fused-ring (bicyclic) bond motifs is 1. The zero-order valence-electron chi connectivity index (χ0n) is 30.3. The Balaban J connectivity index is 1.59. The van der Waals surface area contributed by atoms with Crippen LogP contribution in [0.2, 0.25) is 0 Å². The van der Waals surface area contributed by atoms with E-state index in [9.17, 15) is 24.0 Å². The second-order valence-corrected chi connectivity index (χ2v) is 13.3. The fraction of sp³-hybridized carbons (Fsp3) is 0.667. The van der Waals surface area contributed by atoms with Crippen LogP contribution >= 0.6 is 0 Å². The third kappa shape index (κ3) is 11.2. The molecule has 1 aliphatic heterocycles. The number of hydrogen-bond donors (Lipinski definition) is 0. The van der Waals surface area contributed by atoms with Crippen LogP contribution in [-0.2, 0) is 33.4 Å². The molecular formula is C36H52N6O8. The molecule has 0 radical (unpaired) electrons. The Morgan fingerprint density at radius 3 is 2.30 bits per heavy atom. The zero-order chi connectivity index (χ0) is 36.8. The molecule has 3 rings (SSSR count). The van der Waals surface area contributed by atoms with Crippen LogP contribution in [-0.4, -0.2) is 94.7 Å². The van der Waals surface area contributed by atoms with E-state index in [1.807, 2.05) is 51.8 Å². The van der Waals surface area contributed by atoms with Gasteiger partial charge in [-0.05, 0) is 50.0 Å². The number of esters is 3. The van der Waals surface area contributed by atoms with Gasteiger partial charge in [0.25, 0.3) is 0 Å². The maximum atomic E-state index is 13.6. The summed E-state index contributed by atoms with van der Waals surface area (Å²) in [7, 11) is 1.93. The van der Waals surface area contributed by atoms with Gasteiger partial charge < -0.3 is 24.0 Å². The molecule has 2 unspecified atom stereocenters. The highest BCUT2D eigenvalue weighted by Gasteiger charge is 2.33. The summed E-state index contributed by atoms with van der Waals surface area (Å²) >= 11 is 0. The normalized spacial score (nSPS) is 17.1. The maximum absolute atomic E-state index is 13.6. The summed E-state index contributed by atoms with van der Waals surface area (Å²) in [6.07, 6.45) is 5.77. The van der Waals surface area contributed by atoms with Crippen molar-refractivity contribution in [1.29, 1.82) is 5.26 Å². The van der Waals surface area contributed by atoms with Gasteiger partial charge in [0.2, 0.25) is 11.8 Å². The van der Waals surface area contributed by atoms with Gasteiger partial charge in [-0.3, -0.25) is 28.5 Å². The molecule has 2 aromatic heterocycles. The van der Waals surface area contributed by atoms with Gasteiger partial charge in [-0.2, -0.15) is 5.26 Å². The van der Waals surface area contributed by atoms with Gasteiger partial charge in [0, 0.05) is 51.5 Å². The fourth-order valence-electron chi connectivity index (χ4n) is 6.07. The SMILES string of the molecule is CCCC(=O)OCC(COC(=O)CCC)OC(=O)CC(C)CCC(C)C(=O)n1ccc2c(N(C)[C@H]3CN(C(=O)CC#N)CC[C@H]3C)ncnc21. The molecule has 1 fully saturated rings. The van der Waals surface area contributed by atoms with Crippen LogP contribution in [0.4, 0.5) is 5.82 Å². The molecule has 0 bridgehead atoms. The lowest BCUT2D eigenvalue weighted by Gasteiger charge is -2.42. The van der Waals surface area contributed by atoms with Crippen molar-refractivity contribution in [2.45, 2.75) is 105 Å². The number of rotatable bonds is 18. The Bertz CT molecular complexity index is 1500. The van der Waals surface area contributed by atoms with Gasteiger partial charge in [0.15, 0.2) is 11.8 Å². The average molecular weight is 697 g/mol. The number of likely N-dealkylation sites (tertiary alicyclic amines) is 1. The van der Waals surface area contributed by atoms with Gasteiger partial charge in [-0.1, -0.05) is 34.6 Å². The molecule has 0 saturated carbocycles. The topological polar surface area (TPSA) is 174 Å². The first-order valence-corrected chi connectivity index (χ1v) is 17.6. The molecule has 1 saturated heterocycles. The smallest absolute Gasteiger partial charge is 0.306 e. The van der Waals surface area contributed by atoms with Crippen molar-refractivity contribution in [1.82, 2.24) is 19.4 Å². The second-order valence-electron chi connectivity index (χ2n) is 13.3. The number of nitrogens with zero attached hydrogens (tertiary/aromatic N) is 6. The Hall–Kier alpha value is -4.54. The van der Waals surface area contributed by atoms with E-state index in [2.05, 4.69) is 16.9 Å². The quantitative estimate of drug-likeness (QED) is 0.156. The molecule has 3 heterocycles. The summed E-state index contributed by atoms with van der Waals surface area (Å²) in [6.45, 7) is 10.3. The molecule has 4 atom stereocenters. The summed E-state index contributed by atoms with van der Waals surface area (Å²) in [5.74, 6) is -1.20. The first-order chi connectivity index (χ1) is 23.9. The van der Waals surface area contributed by atoms with Crippen LogP contribution < -0.4 is 4.90 Å². The number of carbonyl (C=O) groups is 5. The Morgan fingerprint density at radius 2 is 1.68 bits per heavy atom. The lowest BCUT2D eigenvalue weighted by Crippen LogP contribution is -2.52. The standard InChI is InChI=1S/C36H52N6O8/c1-7-9-31(44)48-21-27(22-49-32(45)10-8-2)50-33(46)19-24(3)11-12-26(5)36(47)42-18-15-28-34(38-23-39-35(28)42)40(6)29-20-41(17-14-25(29)4)30(43)13-16-37/h15,18,23-27,29H,7-14,17,19-22H2,1-6H3/t24?,25-,26?,29+/m1/s1. The van der Waals surface area contributed by atoms with E-state index in [0.29, 0.717) is 50.2 Å². The number of amides is 1. The van der Waals surface area contributed by atoms with Gasteiger partial charge in [-0.15, -0.1) is 0 Å². The third-order valence-corrected chi connectivity index (χ3v) is 9.13. The predicted molar refractivity (Wildman–Crippen MR) is 185 cm³/mol. The molecule has 50 heavy (non-hydrogen) atoms. The Kier molecular flexibility index (Phi) is 15.6. The van der Waals surface area contributed by atoms with Crippen molar-refractivity contribution in [2.24, 2.45) is 17.8 Å². The van der Waals surface area contributed by atoms with Crippen LogP contribution in [0.25, 0.3) is 11.0 Å². The average Bonchev–Trinajstić information content (AvgIpc) is 3.52. The van der Waals surface area contributed by atoms with E-state index >= 15 is 0 Å². The van der Waals surface area contributed by atoms with E-state index in [-0.39, 0.29) is 74.5 Å². The predicted octanol–water partition coefficient (Wildman–Crippen LogP) is 4.70. The summed E-state index contributed by atoms with van der Waals surface area (Å²) in [5, 5.41) is 9.71. The maximum Gasteiger partial charge on any atom is 0.306 e. The highest BCUT2D eigenvalue weighted by molar-refractivity contribution is 5.96. The van der Waals surface area contributed by atoms with Crippen molar-refractivity contribution < 1.29 is 38.2 Å². The van der Waals surface area contributed by atoms with Crippen LogP contribution in [0, 0.1) is 29.1 Å². The van der Waals surface area contributed by atoms with Crippen molar-refractivity contribution in [3.63, 3.8) is 0 Å². The van der Waals surface area contributed by atoms with Crippen LogP contribution in [0.5, 0.6) is 0 Å². The minimum atomic E-state index is -0.906. The van der Waals surface area contributed by atoms with Crippen LogP contribution in [0.1, 0.15) is 97.2 Å². The van der Waals surface area contributed by atoms with E-state index in [4.69, 9.17) is 19.5 Å². The van der Waals surface area contributed by atoms with Crippen molar-refractivity contribution >= 4 is 46.6 Å². The summed E-state index contributed by atoms with van der Waals surface area (Å²) in [6, 6.07) is 3.74. The molecule has 1 amide bonds. The minimum absolute atomic E-state index is 0.0296. The molecule has 0 aromatic carbocycles. The van der Waals surface area contributed by atoms with Crippen molar-refractivity contribution in [2.75, 3.05) is 38.3 Å². The summed E-state index contributed by atoms with van der Waals surface area (Å²) in [5.41, 5.74) is 0.488.